The summed E-state index contributed by atoms with van der Waals surface area (Å²) in [7, 11) is 0. The number of benzene rings is 1. The molecule has 36 heavy (non-hydrogen) atoms. The lowest BCUT2D eigenvalue weighted by atomic mass is 9.99. The van der Waals surface area contributed by atoms with Crippen LogP contribution in [-0.2, 0) is 59.0 Å². The number of carbonyl (C=O) groups is 5. The van der Waals surface area contributed by atoms with Crippen LogP contribution in [-0.4, -0.2) is 71.6 Å². The highest BCUT2D eigenvalue weighted by molar-refractivity contribution is 8.01. The molecular formula is C24H30O11S. The Balaban J connectivity index is 2.28. The summed E-state index contributed by atoms with van der Waals surface area (Å²) >= 11 is 0.957. The van der Waals surface area contributed by atoms with E-state index in [0.29, 0.717) is 0 Å². The Morgan fingerprint density at radius 3 is 1.92 bits per heavy atom. The number of carbonyl (C=O) groups excluding carboxylic acids is 5. The zero-order valence-corrected chi connectivity index (χ0v) is 21.5. The van der Waals surface area contributed by atoms with E-state index in [1.807, 2.05) is 30.3 Å². The molecule has 1 aliphatic rings. The molecule has 0 aliphatic carbocycles. The summed E-state index contributed by atoms with van der Waals surface area (Å²) in [5.41, 5.74) is -0.264. The fraction of sp³-hybridized carbons (Fsp3) is 0.542. The Labute approximate surface area is 213 Å². The van der Waals surface area contributed by atoms with Crippen molar-refractivity contribution in [2.24, 2.45) is 0 Å². The second-order valence-corrected chi connectivity index (χ2v) is 9.38. The van der Waals surface area contributed by atoms with Crippen LogP contribution in [0.15, 0.2) is 30.3 Å². The standard InChI is InChI=1S/C24H30O11S/c1-13(23(29)31-11-18-9-7-6-8-10-18)36-24-22(34-17(5)28)21(33-16(4)27)20(32-15(3)26)19(35-24)12-30-14(2)25/h6-10,13,19-22,24H,11-12H2,1-5H3/t13?,19-,20-,21+,22-,24+/m1/s1. The lowest BCUT2D eigenvalue weighted by Gasteiger charge is -2.44. The van der Waals surface area contributed by atoms with Gasteiger partial charge in [-0.1, -0.05) is 30.3 Å². The molecule has 0 amide bonds. The summed E-state index contributed by atoms with van der Waals surface area (Å²) in [6.45, 7) is 5.90. The molecule has 198 valence electrons. The zero-order chi connectivity index (χ0) is 26.8. The molecule has 11 nitrogen and oxygen atoms in total. The Hall–Kier alpha value is -3.12. The fourth-order valence-corrected chi connectivity index (χ4v) is 4.55. The highest BCUT2D eigenvalue weighted by Crippen LogP contribution is 2.36. The van der Waals surface area contributed by atoms with Crippen LogP contribution in [0.1, 0.15) is 40.2 Å². The minimum Gasteiger partial charge on any atom is -0.463 e. The Kier molecular flexibility index (Phi) is 11.2. The van der Waals surface area contributed by atoms with Crippen LogP contribution in [0.5, 0.6) is 0 Å². The minimum absolute atomic E-state index is 0.0587. The van der Waals surface area contributed by atoms with Crippen molar-refractivity contribution in [1.82, 2.24) is 0 Å². The minimum atomic E-state index is -1.30. The molecule has 1 aromatic rings. The Bertz CT molecular complexity index is 935. The van der Waals surface area contributed by atoms with E-state index in [2.05, 4.69) is 0 Å². The third-order valence-electron chi connectivity index (χ3n) is 4.84. The van der Waals surface area contributed by atoms with Gasteiger partial charge in [0, 0.05) is 27.7 Å². The zero-order valence-electron chi connectivity index (χ0n) is 20.7. The molecule has 1 aromatic carbocycles. The largest absolute Gasteiger partial charge is 0.463 e. The second-order valence-electron chi connectivity index (χ2n) is 7.94. The lowest BCUT2D eigenvalue weighted by Crippen LogP contribution is -2.61. The molecule has 0 bridgehead atoms. The van der Waals surface area contributed by atoms with E-state index in [1.54, 1.807) is 6.92 Å². The molecule has 0 spiro atoms. The molecule has 1 saturated heterocycles. The van der Waals surface area contributed by atoms with Gasteiger partial charge in [0.15, 0.2) is 18.3 Å². The number of hydrogen-bond acceptors (Lipinski definition) is 12. The fourth-order valence-electron chi connectivity index (χ4n) is 3.40. The van der Waals surface area contributed by atoms with Crippen LogP contribution in [0.2, 0.25) is 0 Å². The van der Waals surface area contributed by atoms with Crippen molar-refractivity contribution in [3.05, 3.63) is 35.9 Å². The van der Waals surface area contributed by atoms with E-state index in [4.69, 9.17) is 28.4 Å². The van der Waals surface area contributed by atoms with Gasteiger partial charge in [-0.25, -0.2) is 0 Å². The highest BCUT2D eigenvalue weighted by Gasteiger charge is 2.53. The topological polar surface area (TPSA) is 141 Å². The van der Waals surface area contributed by atoms with Crippen LogP contribution in [0.3, 0.4) is 0 Å². The summed E-state index contributed by atoms with van der Waals surface area (Å²) < 4.78 is 32.5. The van der Waals surface area contributed by atoms with Crippen LogP contribution < -0.4 is 0 Å². The maximum absolute atomic E-state index is 12.7. The lowest BCUT2D eigenvalue weighted by molar-refractivity contribution is -0.237. The molecule has 6 atom stereocenters. The van der Waals surface area contributed by atoms with Crippen molar-refractivity contribution >= 4 is 41.6 Å². The Morgan fingerprint density at radius 1 is 0.806 bits per heavy atom. The van der Waals surface area contributed by atoms with Gasteiger partial charge in [0.1, 0.15) is 30.0 Å². The Morgan fingerprint density at radius 2 is 1.36 bits per heavy atom. The molecule has 0 saturated carbocycles. The van der Waals surface area contributed by atoms with Gasteiger partial charge in [0.25, 0.3) is 0 Å². The van der Waals surface area contributed by atoms with E-state index < -0.39 is 64.9 Å². The second kappa shape index (κ2) is 13.8. The summed E-state index contributed by atoms with van der Waals surface area (Å²) in [6, 6.07) is 9.10. The van der Waals surface area contributed by atoms with Gasteiger partial charge in [-0.3, -0.25) is 24.0 Å². The molecular weight excluding hydrogens is 496 g/mol. The molecule has 12 heteroatoms. The van der Waals surface area contributed by atoms with Crippen LogP contribution in [0.4, 0.5) is 0 Å². The first-order valence-electron chi connectivity index (χ1n) is 11.1. The number of esters is 5. The van der Waals surface area contributed by atoms with Crippen molar-refractivity contribution in [2.45, 2.75) is 76.3 Å². The third kappa shape index (κ3) is 9.15. The highest BCUT2D eigenvalue weighted by atomic mass is 32.2. The van der Waals surface area contributed by atoms with Crippen LogP contribution >= 0.6 is 11.8 Å². The van der Waals surface area contributed by atoms with Crippen molar-refractivity contribution in [1.29, 1.82) is 0 Å². The van der Waals surface area contributed by atoms with E-state index in [0.717, 1.165) is 38.1 Å². The monoisotopic (exact) mass is 526 g/mol. The SMILES string of the molecule is CC(=O)OC[C@H]1O[C@@H](SC(C)C(=O)OCc2ccccc2)[C@H](OC(C)=O)[C@@H](OC(C)=O)[C@@H]1OC(C)=O. The van der Waals surface area contributed by atoms with Gasteiger partial charge in [0.05, 0.1) is 0 Å². The molecule has 1 unspecified atom stereocenters. The molecule has 1 aliphatic heterocycles. The predicted molar refractivity (Wildman–Crippen MR) is 125 cm³/mol. The first kappa shape index (κ1) is 29.1. The first-order valence-corrected chi connectivity index (χ1v) is 12.1. The van der Waals surface area contributed by atoms with E-state index in [1.165, 1.54) is 6.92 Å². The summed E-state index contributed by atoms with van der Waals surface area (Å²) in [5, 5.41) is -0.797. The maximum atomic E-state index is 12.7. The van der Waals surface area contributed by atoms with Crippen molar-refractivity contribution in [3.8, 4) is 0 Å². The first-order chi connectivity index (χ1) is 17.0. The average molecular weight is 527 g/mol. The van der Waals surface area contributed by atoms with E-state index in [-0.39, 0.29) is 13.2 Å². The van der Waals surface area contributed by atoms with Crippen LogP contribution in [0, 0.1) is 0 Å². The average Bonchev–Trinajstić information content (AvgIpc) is 2.79. The molecule has 1 fully saturated rings. The van der Waals surface area contributed by atoms with Gasteiger partial charge in [-0.05, 0) is 12.5 Å². The number of hydrogen-bond donors (Lipinski definition) is 0. The number of rotatable bonds is 10. The van der Waals surface area contributed by atoms with Gasteiger partial charge in [0.2, 0.25) is 0 Å². The van der Waals surface area contributed by atoms with Crippen LogP contribution in [0.25, 0.3) is 0 Å². The molecule has 1 heterocycles. The third-order valence-corrected chi connectivity index (χ3v) is 6.09. The maximum Gasteiger partial charge on any atom is 0.319 e. The molecule has 0 N–H and O–H groups in total. The summed E-state index contributed by atoms with van der Waals surface area (Å²) in [4.78, 5) is 59.7. The normalized spacial score (nSPS) is 24.1. The molecule has 0 radical (unpaired) electrons. The number of thioether (sulfide) groups is 1. The quantitative estimate of drug-likeness (QED) is 0.325. The van der Waals surface area contributed by atoms with Crippen molar-refractivity contribution in [2.75, 3.05) is 6.61 Å². The number of ether oxygens (including phenoxy) is 6. The van der Waals surface area contributed by atoms with Gasteiger partial charge >= 0.3 is 29.8 Å². The van der Waals surface area contributed by atoms with E-state index >= 15 is 0 Å². The molecule has 0 aromatic heterocycles. The molecule has 2 rings (SSSR count). The van der Waals surface area contributed by atoms with Gasteiger partial charge < -0.3 is 28.4 Å². The predicted octanol–water partition coefficient (Wildman–Crippen LogP) is 1.93. The van der Waals surface area contributed by atoms with Gasteiger partial charge in [-0.15, -0.1) is 11.8 Å². The summed E-state index contributed by atoms with van der Waals surface area (Å²) in [6.07, 6.45) is -4.89. The van der Waals surface area contributed by atoms with Crippen molar-refractivity contribution < 1.29 is 52.4 Å². The van der Waals surface area contributed by atoms with E-state index in [9.17, 15) is 24.0 Å². The smallest absolute Gasteiger partial charge is 0.319 e. The summed E-state index contributed by atoms with van der Waals surface area (Å²) in [5.74, 6) is -3.35. The van der Waals surface area contributed by atoms with Gasteiger partial charge in [-0.2, -0.15) is 0 Å². The van der Waals surface area contributed by atoms with Crippen molar-refractivity contribution in [3.63, 3.8) is 0 Å².